The summed E-state index contributed by atoms with van der Waals surface area (Å²) in [6.45, 7) is -1.05. The molecule has 0 saturated heterocycles. The van der Waals surface area contributed by atoms with Crippen molar-refractivity contribution in [2.45, 2.75) is 5.25 Å². The van der Waals surface area contributed by atoms with Crippen LogP contribution in [0.2, 0.25) is 0 Å². The third-order valence-electron chi connectivity index (χ3n) is 1.66. The van der Waals surface area contributed by atoms with Crippen molar-refractivity contribution in [1.82, 2.24) is 9.55 Å². The van der Waals surface area contributed by atoms with Crippen LogP contribution in [0.3, 0.4) is 0 Å². The number of rotatable bonds is 7. The summed E-state index contributed by atoms with van der Waals surface area (Å²) in [5.41, 5.74) is 0. The molecule has 0 aromatic carbocycles. The van der Waals surface area contributed by atoms with E-state index in [2.05, 4.69) is 23.8 Å². The van der Waals surface area contributed by atoms with E-state index < -0.39 is 42.6 Å². The molecule has 1 aromatic rings. The Balaban J connectivity index is 2.23. The summed E-state index contributed by atoms with van der Waals surface area (Å²) in [5, 5.41) is 7.90. The van der Waals surface area contributed by atoms with Gasteiger partial charge in [-0.15, -0.1) is 0 Å². The minimum Gasteiger partial charge on any atom is -0.691 e. The van der Waals surface area contributed by atoms with Gasteiger partial charge < -0.3 is 14.7 Å². The van der Waals surface area contributed by atoms with Crippen LogP contribution in [0.4, 0.5) is 13.6 Å². The Morgan fingerprint density at radius 1 is 1.35 bits per heavy atom. The highest BCUT2D eigenvalue weighted by molar-refractivity contribution is 7.96. The zero-order valence-corrected chi connectivity index (χ0v) is 10.4. The first-order chi connectivity index (χ1) is 9.47. The largest absolute Gasteiger partial charge is 0.691 e. The minimum atomic E-state index is -4.13. The van der Waals surface area contributed by atoms with Gasteiger partial charge >= 0.3 is 17.3 Å². The second-order valence-corrected chi connectivity index (χ2v) is 3.77. The van der Waals surface area contributed by atoms with Crippen molar-refractivity contribution in [3.8, 4) is 0 Å². The molecule has 1 aromatic heterocycles. The average Bonchev–Trinajstić information content (AvgIpc) is 2.95. The molecule has 1 rings (SSSR count). The topological polar surface area (TPSA) is 112 Å². The number of esters is 1. The minimum absolute atomic E-state index is 0.442. The number of carbonyl (C=O) groups is 2. The Labute approximate surface area is 114 Å². The van der Waals surface area contributed by atoms with Crippen molar-refractivity contribution in [3.63, 3.8) is 0 Å². The molecule has 0 spiro atoms. The van der Waals surface area contributed by atoms with E-state index in [1.54, 1.807) is 0 Å². The molecule has 0 amide bonds. The summed E-state index contributed by atoms with van der Waals surface area (Å²) in [6, 6.07) is 0. The van der Waals surface area contributed by atoms with Crippen LogP contribution in [0.5, 0.6) is 0 Å². The van der Waals surface area contributed by atoms with Crippen LogP contribution in [-0.2, 0) is 23.6 Å². The van der Waals surface area contributed by atoms with Gasteiger partial charge in [-0.3, -0.25) is 5.04 Å². The van der Waals surface area contributed by atoms with Crippen LogP contribution < -0.4 is 5.26 Å². The van der Waals surface area contributed by atoms with Gasteiger partial charge in [-0.05, 0) is 0 Å². The van der Waals surface area contributed by atoms with Gasteiger partial charge in [0.05, 0.1) is 0 Å². The van der Waals surface area contributed by atoms with Crippen molar-refractivity contribution >= 4 is 24.1 Å². The standard InChI is InChI=1S/C8H8F2N2O7S/c9-8(10,20-19-18-15)6(13)16-3-4-17-7(14)12-2-1-11-5-12/h1-2,5,15H,3-4H2/p-1. The Hall–Kier alpha value is -1.76. The number of aromatic nitrogens is 2. The maximum atomic E-state index is 12.8. The SMILES string of the molecule is O=C(OCCOC(=O)C(F)(F)SOO[O-])n1ccnc1. The highest BCUT2D eigenvalue weighted by Crippen LogP contribution is 2.30. The third kappa shape index (κ3) is 5.08. The maximum Gasteiger partial charge on any atom is 0.419 e. The smallest absolute Gasteiger partial charge is 0.419 e. The van der Waals surface area contributed by atoms with E-state index in [1.165, 1.54) is 18.7 Å². The predicted molar refractivity (Wildman–Crippen MR) is 54.6 cm³/mol. The summed E-state index contributed by atoms with van der Waals surface area (Å²) in [6.07, 6.45) is 2.98. The number of halogens is 2. The second-order valence-electron chi connectivity index (χ2n) is 2.96. The third-order valence-corrected chi connectivity index (χ3v) is 2.16. The number of ether oxygens (including phenoxy) is 2. The maximum absolute atomic E-state index is 12.8. The van der Waals surface area contributed by atoms with Gasteiger partial charge in [0.25, 0.3) is 0 Å². The molecule has 12 heteroatoms. The summed E-state index contributed by atoms with van der Waals surface area (Å²) < 4.78 is 38.7. The number of hydrogen-bond donors (Lipinski definition) is 0. The van der Waals surface area contributed by atoms with Gasteiger partial charge in [0.2, 0.25) is 0 Å². The first-order valence-corrected chi connectivity index (χ1v) is 5.56. The predicted octanol–water partition coefficient (Wildman–Crippen LogP) is -0.125. The molecular formula is C8H7F2N2O7S-. The summed E-state index contributed by atoms with van der Waals surface area (Å²) in [5.74, 6) is -1.97. The van der Waals surface area contributed by atoms with Crippen molar-refractivity contribution in [2.24, 2.45) is 0 Å². The second kappa shape index (κ2) is 7.74. The van der Waals surface area contributed by atoms with Crippen LogP contribution in [0, 0.1) is 0 Å². The van der Waals surface area contributed by atoms with Crippen LogP contribution in [0.1, 0.15) is 0 Å². The molecule has 0 fully saturated rings. The number of carbonyl (C=O) groups excluding carboxylic acids is 2. The normalized spacial score (nSPS) is 11.2. The molecule has 9 nitrogen and oxygen atoms in total. The van der Waals surface area contributed by atoms with Crippen LogP contribution >= 0.6 is 12.0 Å². The van der Waals surface area contributed by atoms with Gasteiger partial charge in [0, 0.05) is 12.4 Å². The van der Waals surface area contributed by atoms with Crippen molar-refractivity contribution < 1.29 is 42.5 Å². The lowest BCUT2D eigenvalue weighted by Crippen LogP contribution is -2.29. The average molecular weight is 313 g/mol. The van der Waals surface area contributed by atoms with Crippen LogP contribution in [-0.4, -0.2) is 40.1 Å². The van der Waals surface area contributed by atoms with Gasteiger partial charge in [-0.25, -0.2) is 19.1 Å². The van der Waals surface area contributed by atoms with E-state index in [4.69, 9.17) is 0 Å². The van der Waals surface area contributed by atoms with Gasteiger partial charge in [0.1, 0.15) is 31.6 Å². The molecule has 0 aliphatic rings. The van der Waals surface area contributed by atoms with Crippen molar-refractivity contribution in [3.05, 3.63) is 18.7 Å². The Morgan fingerprint density at radius 2 is 2.05 bits per heavy atom. The molecule has 0 radical (unpaired) electrons. The molecule has 0 bridgehead atoms. The van der Waals surface area contributed by atoms with E-state index in [9.17, 15) is 23.6 Å². The quantitative estimate of drug-likeness (QED) is 0.223. The monoisotopic (exact) mass is 313 g/mol. The zero-order chi connectivity index (χ0) is 15.0. The van der Waals surface area contributed by atoms with E-state index >= 15 is 0 Å². The molecule has 20 heavy (non-hydrogen) atoms. The summed E-state index contributed by atoms with van der Waals surface area (Å²) in [4.78, 5) is 25.7. The molecule has 112 valence electrons. The lowest BCUT2D eigenvalue weighted by atomic mass is 10.7. The van der Waals surface area contributed by atoms with Crippen LogP contribution in [0.25, 0.3) is 0 Å². The fourth-order valence-electron chi connectivity index (χ4n) is 0.880. The number of imidazole rings is 1. The van der Waals surface area contributed by atoms with Crippen molar-refractivity contribution in [2.75, 3.05) is 13.2 Å². The molecule has 1 heterocycles. The van der Waals surface area contributed by atoms with E-state index in [0.717, 1.165) is 4.57 Å². The first kappa shape index (κ1) is 16.3. The number of hydrogen-bond acceptors (Lipinski definition) is 9. The summed E-state index contributed by atoms with van der Waals surface area (Å²) >= 11 is -0.814. The highest BCUT2D eigenvalue weighted by Gasteiger charge is 2.43. The molecule has 0 aliphatic carbocycles. The first-order valence-electron chi connectivity index (χ1n) is 4.82. The van der Waals surface area contributed by atoms with Gasteiger partial charge in [-0.2, -0.15) is 13.1 Å². The van der Waals surface area contributed by atoms with E-state index in [-0.39, 0.29) is 0 Å². The van der Waals surface area contributed by atoms with E-state index in [0.29, 0.717) is 0 Å². The van der Waals surface area contributed by atoms with Crippen LogP contribution in [0.15, 0.2) is 18.7 Å². The lowest BCUT2D eigenvalue weighted by Gasteiger charge is -2.14. The summed E-state index contributed by atoms with van der Waals surface area (Å²) in [7, 11) is 0. The Kier molecular flexibility index (Phi) is 6.30. The Bertz CT molecular complexity index is 442. The highest BCUT2D eigenvalue weighted by atomic mass is 32.2. The molecule has 0 N–H and O–H groups in total. The zero-order valence-electron chi connectivity index (χ0n) is 9.56. The molecule has 0 aliphatic heterocycles. The molecule has 0 atom stereocenters. The van der Waals surface area contributed by atoms with Crippen molar-refractivity contribution in [1.29, 1.82) is 0 Å². The number of nitrogens with zero attached hydrogens (tertiary/aromatic N) is 2. The number of alkyl halides is 2. The van der Waals surface area contributed by atoms with Gasteiger partial charge in [0.15, 0.2) is 0 Å². The van der Waals surface area contributed by atoms with Gasteiger partial charge in [-0.1, -0.05) is 0 Å². The fraction of sp³-hybridized carbons (Fsp3) is 0.375. The molecular weight excluding hydrogens is 306 g/mol. The lowest BCUT2D eigenvalue weighted by molar-refractivity contribution is -0.777. The molecule has 0 saturated carbocycles. The molecule has 0 unspecified atom stereocenters. The van der Waals surface area contributed by atoms with E-state index in [1.807, 2.05) is 0 Å². The Morgan fingerprint density at radius 3 is 2.65 bits per heavy atom. The fourth-order valence-corrected chi connectivity index (χ4v) is 1.12.